The van der Waals surface area contributed by atoms with E-state index in [0.717, 1.165) is 0 Å². The molecule has 0 aromatic rings. The molecule has 0 heterocycles. The van der Waals surface area contributed by atoms with Crippen molar-refractivity contribution in [1.29, 1.82) is 0 Å². The molecule has 0 amide bonds. The van der Waals surface area contributed by atoms with Gasteiger partial charge in [-0.3, -0.25) is 0 Å². The first-order valence-electron chi connectivity index (χ1n) is 2.59. The molecule has 0 aliphatic rings. The summed E-state index contributed by atoms with van der Waals surface area (Å²) in [5.74, 6) is 2.25. The molecule has 46 valence electrons. The summed E-state index contributed by atoms with van der Waals surface area (Å²) in [7, 11) is 0. The minimum atomic E-state index is 0.385. The van der Waals surface area contributed by atoms with Crippen molar-refractivity contribution in [3.8, 4) is 12.1 Å². The van der Waals surface area contributed by atoms with Crippen molar-refractivity contribution >= 4 is 0 Å². The van der Waals surface area contributed by atoms with E-state index in [1.165, 1.54) is 6.17 Å². The molecule has 0 saturated heterocycles. The molecule has 0 aromatic heterocycles. The standard InChI is InChI=1S/C6H10FN/c1-6(2)8-5-3-4-7/h6,8H,5H2,1-2H3. The van der Waals surface area contributed by atoms with Crippen molar-refractivity contribution < 1.29 is 4.39 Å². The molecule has 0 aliphatic carbocycles. The highest BCUT2D eigenvalue weighted by Gasteiger charge is 1.84. The largest absolute Gasteiger partial charge is 0.304 e. The molecule has 0 bridgehead atoms. The fourth-order valence-corrected chi connectivity index (χ4v) is 0.289. The van der Waals surface area contributed by atoms with E-state index in [1.54, 1.807) is 0 Å². The minimum absolute atomic E-state index is 0.385. The maximum Gasteiger partial charge on any atom is 0.106 e. The van der Waals surface area contributed by atoms with Gasteiger partial charge in [-0.05, 0) is 13.8 Å². The van der Waals surface area contributed by atoms with Crippen LogP contribution >= 0.6 is 0 Å². The third-order valence-corrected chi connectivity index (χ3v) is 0.666. The highest BCUT2D eigenvalue weighted by molar-refractivity contribution is 4.92. The molecule has 2 heteroatoms. The summed E-state index contributed by atoms with van der Waals surface area (Å²) in [5.41, 5.74) is 0. The third-order valence-electron chi connectivity index (χ3n) is 0.666. The van der Waals surface area contributed by atoms with Gasteiger partial charge in [0.1, 0.15) is 6.17 Å². The van der Waals surface area contributed by atoms with Crippen molar-refractivity contribution in [3.05, 3.63) is 0 Å². The predicted molar refractivity (Wildman–Crippen MR) is 32.0 cm³/mol. The zero-order valence-corrected chi connectivity index (χ0v) is 5.16. The van der Waals surface area contributed by atoms with Crippen LogP contribution in [-0.2, 0) is 0 Å². The van der Waals surface area contributed by atoms with Crippen LogP contribution in [0.15, 0.2) is 0 Å². The van der Waals surface area contributed by atoms with E-state index >= 15 is 0 Å². The van der Waals surface area contributed by atoms with E-state index in [0.29, 0.717) is 12.6 Å². The van der Waals surface area contributed by atoms with Crippen LogP contribution in [0.2, 0.25) is 0 Å². The molecule has 0 saturated carbocycles. The lowest BCUT2D eigenvalue weighted by molar-refractivity contribution is 0.636. The lowest BCUT2D eigenvalue weighted by Gasteiger charge is -2.00. The van der Waals surface area contributed by atoms with Crippen LogP contribution in [0.5, 0.6) is 0 Å². The number of halogens is 1. The summed E-state index contributed by atoms with van der Waals surface area (Å²) in [6, 6.07) is 0.385. The predicted octanol–water partition coefficient (Wildman–Crippen LogP) is 0.915. The second-order valence-electron chi connectivity index (χ2n) is 1.81. The van der Waals surface area contributed by atoms with E-state index in [4.69, 9.17) is 0 Å². The fraction of sp³-hybridized carbons (Fsp3) is 0.667. The molecule has 0 atom stereocenters. The Bertz CT molecular complexity index is 98.8. The Hall–Kier alpha value is -0.550. The number of nitrogens with one attached hydrogen (secondary N) is 1. The number of hydrogen-bond donors (Lipinski definition) is 1. The van der Waals surface area contributed by atoms with Gasteiger partial charge in [0.05, 0.1) is 6.54 Å². The van der Waals surface area contributed by atoms with Gasteiger partial charge >= 0.3 is 0 Å². The lowest BCUT2D eigenvalue weighted by atomic mass is 10.4. The normalized spacial score (nSPS) is 8.50. The average molecular weight is 115 g/mol. The third kappa shape index (κ3) is 5.45. The summed E-state index contributed by atoms with van der Waals surface area (Å²) in [5, 5.41) is 2.93. The summed E-state index contributed by atoms with van der Waals surface area (Å²) >= 11 is 0. The quantitative estimate of drug-likeness (QED) is 0.527. The Morgan fingerprint density at radius 2 is 2.25 bits per heavy atom. The first-order valence-corrected chi connectivity index (χ1v) is 2.59. The van der Waals surface area contributed by atoms with Gasteiger partial charge < -0.3 is 5.32 Å². The molecule has 0 spiro atoms. The van der Waals surface area contributed by atoms with Crippen LogP contribution < -0.4 is 5.32 Å². The first-order chi connectivity index (χ1) is 3.77. The second-order valence-corrected chi connectivity index (χ2v) is 1.81. The van der Waals surface area contributed by atoms with Crippen LogP contribution in [0.1, 0.15) is 13.8 Å². The van der Waals surface area contributed by atoms with E-state index < -0.39 is 0 Å². The maximum atomic E-state index is 11.0. The molecule has 8 heavy (non-hydrogen) atoms. The van der Waals surface area contributed by atoms with Crippen molar-refractivity contribution in [2.75, 3.05) is 6.54 Å². The number of hydrogen-bond acceptors (Lipinski definition) is 1. The van der Waals surface area contributed by atoms with E-state index in [-0.39, 0.29) is 0 Å². The lowest BCUT2D eigenvalue weighted by Crippen LogP contribution is -2.22. The Morgan fingerprint density at radius 3 is 2.62 bits per heavy atom. The van der Waals surface area contributed by atoms with Crippen LogP contribution in [0.25, 0.3) is 0 Å². The Morgan fingerprint density at radius 1 is 1.62 bits per heavy atom. The van der Waals surface area contributed by atoms with Crippen molar-refractivity contribution in [2.24, 2.45) is 0 Å². The monoisotopic (exact) mass is 115 g/mol. The molecule has 0 fully saturated rings. The SMILES string of the molecule is CC(C)NCC#CF. The van der Waals surface area contributed by atoms with Gasteiger partial charge in [0.15, 0.2) is 0 Å². The van der Waals surface area contributed by atoms with E-state index in [2.05, 4.69) is 11.2 Å². The highest BCUT2D eigenvalue weighted by Crippen LogP contribution is 1.71. The van der Waals surface area contributed by atoms with Crippen molar-refractivity contribution in [2.45, 2.75) is 19.9 Å². The number of rotatable bonds is 2. The van der Waals surface area contributed by atoms with E-state index in [9.17, 15) is 4.39 Å². The summed E-state index contributed by atoms with van der Waals surface area (Å²) in [4.78, 5) is 0. The molecule has 0 aromatic carbocycles. The zero-order chi connectivity index (χ0) is 6.41. The molecular weight excluding hydrogens is 105 g/mol. The molecule has 1 N–H and O–H groups in total. The van der Waals surface area contributed by atoms with Crippen LogP contribution in [0.4, 0.5) is 4.39 Å². The first kappa shape index (κ1) is 7.45. The van der Waals surface area contributed by atoms with Crippen molar-refractivity contribution in [1.82, 2.24) is 5.32 Å². The fourth-order valence-electron chi connectivity index (χ4n) is 0.289. The Labute approximate surface area is 49.3 Å². The van der Waals surface area contributed by atoms with Gasteiger partial charge in [0.2, 0.25) is 0 Å². The highest BCUT2D eigenvalue weighted by atomic mass is 19.1. The van der Waals surface area contributed by atoms with Crippen LogP contribution in [0, 0.1) is 12.1 Å². The molecule has 1 nitrogen and oxygen atoms in total. The van der Waals surface area contributed by atoms with Crippen LogP contribution in [-0.4, -0.2) is 12.6 Å². The Kier molecular flexibility index (Phi) is 4.29. The zero-order valence-electron chi connectivity index (χ0n) is 5.16. The van der Waals surface area contributed by atoms with Crippen molar-refractivity contribution in [3.63, 3.8) is 0 Å². The molecule has 0 aliphatic heterocycles. The topological polar surface area (TPSA) is 12.0 Å². The van der Waals surface area contributed by atoms with Gasteiger partial charge in [0, 0.05) is 6.04 Å². The van der Waals surface area contributed by atoms with E-state index in [1.807, 2.05) is 13.8 Å². The average Bonchev–Trinajstić information content (AvgIpc) is 1.66. The molecule has 0 unspecified atom stereocenters. The van der Waals surface area contributed by atoms with Gasteiger partial charge in [0.25, 0.3) is 0 Å². The Balaban J connectivity index is 3.01. The molecule has 0 radical (unpaired) electrons. The summed E-state index contributed by atoms with van der Waals surface area (Å²) in [6.07, 6.45) is 1.31. The minimum Gasteiger partial charge on any atom is -0.304 e. The summed E-state index contributed by atoms with van der Waals surface area (Å²) < 4.78 is 11.0. The second kappa shape index (κ2) is 4.61. The van der Waals surface area contributed by atoms with Gasteiger partial charge in [-0.15, -0.1) is 4.39 Å². The molecular formula is C6H10FN. The van der Waals surface area contributed by atoms with Gasteiger partial charge in [-0.2, -0.15) is 0 Å². The smallest absolute Gasteiger partial charge is 0.106 e. The van der Waals surface area contributed by atoms with Gasteiger partial charge in [-0.25, -0.2) is 0 Å². The molecule has 0 rings (SSSR count). The summed E-state index contributed by atoms with van der Waals surface area (Å²) in [6.45, 7) is 4.41. The van der Waals surface area contributed by atoms with Gasteiger partial charge in [-0.1, -0.05) is 5.92 Å². The van der Waals surface area contributed by atoms with Crippen LogP contribution in [0.3, 0.4) is 0 Å². The maximum absolute atomic E-state index is 11.0.